The lowest BCUT2D eigenvalue weighted by Crippen LogP contribution is -2.41. The fourth-order valence-corrected chi connectivity index (χ4v) is 10.2. The van der Waals surface area contributed by atoms with Crippen molar-refractivity contribution in [1.29, 1.82) is 0 Å². The van der Waals surface area contributed by atoms with E-state index >= 15 is 0 Å². The Morgan fingerprint density at radius 2 is 0.803 bits per heavy atom. The first-order chi connectivity index (χ1) is 31.6. The molecule has 66 heavy (non-hydrogen) atoms. The van der Waals surface area contributed by atoms with Gasteiger partial charge in [0.25, 0.3) is 0 Å². The minimum absolute atomic E-state index is 0.400. The largest absolute Gasteiger partial charge is 0.494 e. The summed E-state index contributed by atoms with van der Waals surface area (Å²) in [5.41, 5.74) is 8.38. The van der Waals surface area contributed by atoms with E-state index in [4.69, 9.17) is 27.5 Å². The number of fused-ring (bicyclic) bond motifs is 11. The lowest BCUT2D eigenvalue weighted by molar-refractivity contribution is 0.00578. The highest BCUT2D eigenvalue weighted by Crippen LogP contribution is 2.42. The summed E-state index contributed by atoms with van der Waals surface area (Å²) in [5.74, 6) is 0. The summed E-state index contributed by atoms with van der Waals surface area (Å²) in [6.45, 7) is 16.7. The topological polar surface area (TPSA) is 63.2 Å². The van der Waals surface area contributed by atoms with Crippen LogP contribution in [0, 0.1) is 0 Å². The minimum atomic E-state index is -0.452. The predicted octanol–water partition coefficient (Wildman–Crippen LogP) is 14.0. The van der Waals surface area contributed by atoms with E-state index in [1.165, 1.54) is 32.5 Å². The molecule has 0 aliphatic carbocycles. The van der Waals surface area contributed by atoms with Crippen molar-refractivity contribution in [2.24, 2.45) is 0 Å². The second kappa shape index (κ2) is 13.6. The summed E-state index contributed by atoms with van der Waals surface area (Å²) in [7, 11) is -0.867. The third-order valence-corrected chi connectivity index (χ3v) is 15.5. The molecule has 4 heterocycles. The maximum absolute atomic E-state index is 6.59. The molecule has 0 radical (unpaired) electrons. The van der Waals surface area contributed by atoms with Crippen molar-refractivity contribution >= 4 is 112 Å². The molecule has 2 fully saturated rings. The highest BCUT2D eigenvalue weighted by Gasteiger charge is 2.52. The molecule has 0 N–H and O–H groups in total. The Morgan fingerprint density at radius 1 is 0.303 bits per heavy atom. The van der Waals surface area contributed by atoms with Crippen LogP contribution in [0.5, 0.6) is 0 Å². The average molecular weight is 863 g/mol. The molecule has 2 aliphatic rings. The normalized spacial score (nSPS) is 17.9. The molecule has 0 amide bonds. The van der Waals surface area contributed by atoms with Crippen molar-refractivity contribution in [2.75, 3.05) is 0 Å². The van der Waals surface area contributed by atoms with E-state index in [0.717, 1.165) is 87.7 Å². The summed E-state index contributed by atoms with van der Waals surface area (Å²) in [5, 5.41) is 13.7. The quantitative estimate of drug-likeness (QED) is 0.130. The van der Waals surface area contributed by atoms with Crippen LogP contribution < -0.4 is 10.9 Å². The standard InChI is InChI=1S/C58H48B2O6/c1-55(2)56(3,4)64-59(63-55)41-20-18-37-29-53-48(27-40(37)24-41)44-22-19-36(28-52(44)62-53)35-16-14-33-12-13-34-15-17-39(26-46(34)45(33)25-35)43-11-9-10-38-30-54-50(32-47(38)43)49-31-42(21-23-51(49)61-54)60-65-57(5,6)58(7,8)66-60/h9-32H,1-8H3. The Morgan fingerprint density at radius 3 is 1.50 bits per heavy atom. The van der Waals surface area contributed by atoms with E-state index in [9.17, 15) is 0 Å². The second-order valence-corrected chi connectivity index (χ2v) is 20.6. The number of furan rings is 2. The van der Waals surface area contributed by atoms with Crippen LogP contribution >= 0.6 is 0 Å². The Kier molecular flexibility index (Phi) is 8.22. The van der Waals surface area contributed by atoms with Gasteiger partial charge in [0.2, 0.25) is 0 Å². The molecule has 0 bridgehead atoms. The Bertz CT molecular complexity index is 3840. The van der Waals surface area contributed by atoms with Gasteiger partial charge in [-0.2, -0.15) is 0 Å². The van der Waals surface area contributed by atoms with Gasteiger partial charge in [-0.25, -0.2) is 0 Å². The molecular formula is C58H48B2O6. The first-order valence-electron chi connectivity index (χ1n) is 23.1. The molecule has 0 saturated carbocycles. The van der Waals surface area contributed by atoms with Crippen LogP contribution in [-0.2, 0) is 18.6 Å². The zero-order valence-corrected chi connectivity index (χ0v) is 38.5. The monoisotopic (exact) mass is 862 g/mol. The zero-order valence-electron chi connectivity index (χ0n) is 38.5. The third kappa shape index (κ3) is 5.98. The fraction of sp³-hybridized carbons (Fsp3) is 0.207. The molecule has 13 rings (SSSR count). The second-order valence-electron chi connectivity index (χ2n) is 20.6. The Balaban J connectivity index is 0.871. The van der Waals surface area contributed by atoms with Crippen molar-refractivity contribution < 1.29 is 27.5 Å². The van der Waals surface area contributed by atoms with Crippen LogP contribution in [0.15, 0.2) is 154 Å². The lowest BCUT2D eigenvalue weighted by Gasteiger charge is -2.32. The molecule has 2 aromatic heterocycles. The first kappa shape index (κ1) is 39.9. The third-order valence-electron chi connectivity index (χ3n) is 15.5. The fourth-order valence-electron chi connectivity index (χ4n) is 10.2. The van der Waals surface area contributed by atoms with E-state index in [0.29, 0.717) is 0 Å². The molecule has 322 valence electrons. The van der Waals surface area contributed by atoms with E-state index in [1.807, 2.05) is 6.07 Å². The highest BCUT2D eigenvalue weighted by atomic mass is 16.7. The maximum atomic E-state index is 6.59. The van der Waals surface area contributed by atoms with Crippen LogP contribution in [0.3, 0.4) is 0 Å². The van der Waals surface area contributed by atoms with Gasteiger partial charge in [0.1, 0.15) is 22.3 Å². The SMILES string of the molecule is CC1(C)OB(c2ccc3cc4oc5cc(-c6ccc7ccc8ccc(-c9cccc%10cc%11oc%12ccc(B%13OC(C)(C)C(C)(C)O%13)cc%12c%11cc9%10)cc8c7c6)ccc5c4cc3c2)OC1(C)C. The average Bonchev–Trinajstić information content (AvgIpc) is 3.97. The minimum Gasteiger partial charge on any atom is -0.456 e. The van der Waals surface area contributed by atoms with Crippen LogP contribution in [0.25, 0.3) is 109 Å². The van der Waals surface area contributed by atoms with E-state index in [2.05, 4.69) is 195 Å². The molecule has 11 aromatic rings. The lowest BCUT2D eigenvalue weighted by atomic mass is 9.78. The molecule has 0 spiro atoms. The number of hydrogen-bond acceptors (Lipinski definition) is 6. The summed E-state index contributed by atoms with van der Waals surface area (Å²) in [6, 6.07) is 52.8. The molecule has 8 heteroatoms. The molecule has 0 atom stereocenters. The zero-order chi connectivity index (χ0) is 45.1. The molecule has 2 saturated heterocycles. The van der Waals surface area contributed by atoms with Crippen LogP contribution in [-0.4, -0.2) is 36.6 Å². The van der Waals surface area contributed by atoms with Crippen molar-refractivity contribution in [3.05, 3.63) is 146 Å². The van der Waals surface area contributed by atoms with Crippen molar-refractivity contribution in [3.63, 3.8) is 0 Å². The maximum Gasteiger partial charge on any atom is 0.494 e. The first-order valence-corrected chi connectivity index (χ1v) is 23.1. The summed E-state index contributed by atoms with van der Waals surface area (Å²) >= 11 is 0. The Hall–Kier alpha value is -6.41. The molecule has 9 aromatic carbocycles. The number of rotatable bonds is 4. The molecule has 6 nitrogen and oxygen atoms in total. The van der Waals surface area contributed by atoms with E-state index in [-0.39, 0.29) is 0 Å². The van der Waals surface area contributed by atoms with Crippen molar-refractivity contribution in [1.82, 2.24) is 0 Å². The molecule has 2 aliphatic heterocycles. The predicted molar refractivity (Wildman–Crippen MR) is 273 cm³/mol. The van der Waals surface area contributed by atoms with Gasteiger partial charge < -0.3 is 27.5 Å². The van der Waals surface area contributed by atoms with Gasteiger partial charge in [-0.3, -0.25) is 0 Å². The van der Waals surface area contributed by atoms with Gasteiger partial charge >= 0.3 is 14.2 Å². The van der Waals surface area contributed by atoms with Crippen molar-refractivity contribution in [2.45, 2.75) is 77.8 Å². The number of benzene rings is 9. The van der Waals surface area contributed by atoms with Crippen molar-refractivity contribution in [3.8, 4) is 22.3 Å². The van der Waals surface area contributed by atoms with Crippen LogP contribution in [0.1, 0.15) is 55.4 Å². The van der Waals surface area contributed by atoms with Gasteiger partial charge in [0, 0.05) is 21.5 Å². The van der Waals surface area contributed by atoms with Crippen LogP contribution in [0.4, 0.5) is 0 Å². The summed E-state index contributed by atoms with van der Waals surface area (Å²) in [6.07, 6.45) is 0. The molecule has 0 unspecified atom stereocenters. The smallest absolute Gasteiger partial charge is 0.456 e. The van der Waals surface area contributed by atoms with Gasteiger partial charge in [-0.05, 0) is 186 Å². The highest BCUT2D eigenvalue weighted by molar-refractivity contribution is 6.63. The number of hydrogen-bond donors (Lipinski definition) is 0. The van der Waals surface area contributed by atoms with E-state index < -0.39 is 36.6 Å². The van der Waals surface area contributed by atoms with Gasteiger partial charge in [-0.1, -0.05) is 91.0 Å². The van der Waals surface area contributed by atoms with Gasteiger partial charge in [0.05, 0.1) is 22.4 Å². The summed E-state index contributed by atoms with van der Waals surface area (Å²) in [4.78, 5) is 0. The van der Waals surface area contributed by atoms with Crippen LogP contribution in [0.2, 0.25) is 0 Å². The Labute approximate surface area is 383 Å². The van der Waals surface area contributed by atoms with Gasteiger partial charge in [0.15, 0.2) is 0 Å². The molecular weight excluding hydrogens is 814 g/mol. The summed E-state index contributed by atoms with van der Waals surface area (Å²) < 4.78 is 38.7. The van der Waals surface area contributed by atoms with Gasteiger partial charge in [-0.15, -0.1) is 0 Å². The van der Waals surface area contributed by atoms with E-state index in [1.54, 1.807) is 0 Å².